The lowest BCUT2D eigenvalue weighted by Gasteiger charge is -2.15. The Morgan fingerprint density at radius 1 is 1.08 bits per heavy atom. The first kappa shape index (κ1) is 20.3. The molecule has 0 aliphatic carbocycles. The minimum Gasteiger partial charge on any atom is -0.449 e. The van der Waals surface area contributed by atoms with E-state index in [9.17, 15) is 18.4 Å². The van der Waals surface area contributed by atoms with Crippen molar-refractivity contribution in [3.05, 3.63) is 54.1 Å². The van der Waals surface area contributed by atoms with Gasteiger partial charge in [0.15, 0.2) is 6.10 Å². The zero-order chi connectivity index (χ0) is 19.1. The lowest BCUT2D eigenvalue weighted by molar-refractivity contribution is -0.123. The third-order valence-electron chi connectivity index (χ3n) is 3.33. The summed E-state index contributed by atoms with van der Waals surface area (Å²) < 4.78 is 29.8. The Labute approximate surface area is 158 Å². The second-order valence-electron chi connectivity index (χ2n) is 5.14. The third kappa shape index (κ3) is 5.74. The number of hydrogen-bond donors (Lipinski definition) is 1. The summed E-state index contributed by atoms with van der Waals surface area (Å²) >= 11 is 1.83. The standard InChI is InChI=1S/C18H17F2NO3S2/c1-11(24-17(23)14-5-3-4-6-15(14)25-2)16(22)21-12-7-9-13(10-8-12)26-18(19)20/h3-11,18H,1-2H3,(H,21,22)/t11-/m0/s1. The predicted molar refractivity (Wildman–Crippen MR) is 100 cm³/mol. The van der Waals surface area contributed by atoms with Crippen LogP contribution in [0.2, 0.25) is 0 Å². The molecule has 1 atom stereocenters. The molecule has 0 aromatic heterocycles. The highest BCUT2D eigenvalue weighted by Crippen LogP contribution is 2.26. The summed E-state index contributed by atoms with van der Waals surface area (Å²) in [6.45, 7) is 1.47. The van der Waals surface area contributed by atoms with Crippen molar-refractivity contribution in [2.75, 3.05) is 11.6 Å². The highest BCUT2D eigenvalue weighted by Gasteiger charge is 2.20. The Bertz CT molecular complexity index is 769. The van der Waals surface area contributed by atoms with Crippen LogP contribution in [0, 0.1) is 0 Å². The van der Waals surface area contributed by atoms with Crippen LogP contribution in [-0.2, 0) is 9.53 Å². The van der Waals surface area contributed by atoms with Gasteiger partial charge in [-0.15, -0.1) is 11.8 Å². The zero-order valence-electron chi connectivity index (χ0n) is 14.1. The summed E-state index contributed by atoms with van der Waals surface area (Å²) in [5, 5.41) is 2.59. The van der Waals surface area contributed by atoms with Gasteiger partial charge < -0.3 is 10.1 Å². The number of amides is 1. The van der Waals surface area contributed by atoms with Gasteiger partial charge in [0, 0.05) is 15.5 Å². The Kier molecular flexibility index (Phi) is 7.47. The van der Waals surface area contributed by atoms with E-state index in [0.717, 1.165) is 4.90 Å². The van der Waals surface area contributed by atoms with Crippen LogP contribution in [-0.4, -0.2) is 30.0 Å². The molecule has 8 heteroatoms. The number of hydrogen-bond acceptors (Lipinski definition) is 5. The van der Waals surface area contributed by atoms with Crippen molar-refractivity contribution in [2.24, 2.45) is 0 Å². The number of anilines is 1. The third-order valence-corrected chi connectivity index (χ3v) is 4.85. The first-order valence-corrected chi connectivity index (χ1v) is 9.71. The van der Waals surface area contributed by atoms with E-state index in [2.05, 4.69) is 5.32 Å². The van der Waals surface area contributed by atoms with Gasteiger partial charge in [-0.3, -0.25) is 4.79 Å². The van der Waals surface area contributed by atoms with E-state index in [4.69, 9.17) is 4.74 Å². The van der Waals surface area contributed by atoms with Crippen LogP contribution >= 0.6 is 23.5 Å². The molecule has 0 unspecified atom stereocenters. The number of rotatable bonds is 7. The number of esters is 1. The Hall–Kier alpha value is -2.06. The number of ether oxygens (including phenoxy) is 1. The minimum absolute atomic E-state index is 0.395. The van der Waals surface area contributed by atoms with Crippen molar-refractivity contribution in [3.63, 3.8) is 0 Å². The van der Waals surface area contributed by atoms with Crippen molar-refractivity contribution in [2.45, 2.75) is 28.6 Å². The number of carbonyl (C=O) groups excluding carboxylic acids is 2. The highest BCUT2D eigenvalue weighted by atomic mass is 32.2. The molecule has 0 aliphatic rings. The first-order chi connectivity index (χ1) is 12.4. The Morgan fingerprint density at radius 2 is 1.73 bits per heavy atom. The lowest BCUT2D eigenvalue weighted by Crippen LogP contribution is -2.30. The van der Waals surface area contributed by atoms with Crippen LogP contribution in [0.5, 0.6) is 0 Å². The second kappa shape index (κ2) is 9.59. The van der Waals surface area contributed by atoms with Gasteiger partial charge in [0.25, 0.3) is 11.7 Å². The zero-order valence-corrected chi connectivity index (χ0v) is 15.7. The van der Waals surface area contributed by atoms with Crippen LogP contribution in [0.1, 0.15) is 17.3 Å². The van der Waals surface area contributed by atoms with Crippen molar-refractivity contribution in [3.8, 4) is 0 Å². The number of nitrogens with one attached hydrogen (secondary N) is 1. The molecule has 1 N–H and O–H groups in total. The molecule has 138 valence electrons. The molecular formula is C18H17F2NO3S2. The molecule has 4 nitrogen and oxygen atoms in total. The molecule has 2 rings (SSSR count). The van der Waals surface area contributed by atoms with Gasteiger partial charge in [0.1, 0.15) is 0 Å². The van der Waals surface area contributed by atoms with Crippen LogP contribution in [0.3, 0.4) is 0 Å². The second-order valence-corrected chi connectivity index (χ2v) is 7.05. The van der Waals surface area contributed by atoms with Crippen molar-refractivity contribution < 1.29 is 23.1 Å². The molecule has 0 heterocycles. The van der Waals surface area contributed by atoms with Crippen molar-refractivity contribution >= 4 is 41.1 Å². The molecule has 1 amide bonds. The fourth-order valence-electron chi connectivity index (χ4n) is 2.05. The van der Waals surface area contributed by atoms with Gasteiger partial charge in [-0.05, 0) is 49.6 Å². The Balaban J connectivity index is 1.95. The first-order valence-electron chi connectivity index (χ1n) is 7.60. The molecule has 2 aromatic carbocycles. The fraction of sp³-hybridized carbons (Fsp3) is 0.222. The van der Waals surface area contributed by atoms with Gasteiger partial charge in [-0.2, -0.15) is 8.78 Å². The maximum Gasteiger partial charge on any atom is 0.340 e. The summed E-state index contributed by atoms with van der Waals surface area (Å²) in [6.07, 6.45) is 0.839. The predicted octanol–water partition coefficient (Wildman–Crippen LogP) is 4.91. The summed E-state index contributed by atoms with van der Waals surface area (Å²) in [6, 6.07) is 13.0. The number of alkyl halides is 2. The van der Waals surface area contributed by atoms with Crippen LogP contribution in [0.15, 0.2) is 58.3 Å². The average Bonchev–Trinajstić information content (AvgIpc) is 2.62. The molecule has 0 aliphatic heterocycles. The van der Waals surface area contributed by atoms with Crippen molar-refractivity contribution in [1.29, 1.82) is 0 Å². The molecule has 0 spiro atoms. The number of halogens is 2. The Morgan fingerprint density at radius 3 is 2.35 bits per heavy atom. The normalized spacial score (nSPS) is 11.9. The van der Waals surface area contributed by atoms with Gasteiger partial charge >= 0.3 is 5.97 Å². The van der Waals surface area contributed by atoms with Gasteiger partial charge in [0.05, 0.1) is 5.56 Å². The molecule has 0 saturated carbocycles. The average molecular weight is 397 g/mol. The van der Waals surface area contributed by atoms with Crippen LogP contribution < -0.4 is 5.32 Å². The van der Waals surface area contributed by atoms with Crippen LogP contribution in [0.25, 0.3) is 0 Å². The van der Waals surface area contributed by atoms with E-state index >= 15 is 0 Å². The quantitative estimate of drug-likeness (QED) is 0.532. The summed E-state index contributed by atoms with van der Waals surface area (Å²) in [5.41, 5.74) is 0.828. The maximum atomic E-state index is 12.3. The molecule has 0 bridgehead atoms. The monoisotopic (exact) mass is 397 g/mol. The summed E-state index contributed by atoms with van der Waals surface area (Å²) in [4.78, 5) is 25.6. The molecule has 2 aromatic rings. The highest BCUT2D eigenvalue weighted by molar-refractivity contribution is 7.99. The topological polar surface area (TPSA) is 55.4 Å². The number of thioether (sulfide) groups is 2. The van der Waals surface area contributed by atoms with E-state index in [1.165, 1.54) is 43.0 Å². The summed E-state index contributed by atoms with van der Waals surface area (Å²) in [7, 11) is 0. The SMILES string of the molecule is CSc1ccccc1C(=O)O[C@@H](C)C(=O)Nc1ccc(SC(F)F)cc1. The summed E-state index contributed by atoms with van der Waals surface area (Å²) in [5.74, 6) is -3.59. The molecule has 0 radical (unpaired) electrons. The van der Waals surface area contributed by atoms with E-state index in [-0.39, 0.29) is 0 Å². The number of carbonyl (C=O) groups is 2. The lowest BCUT2D eigenvalue weighted by atomic mass is 10.2. The van der Waals surface area contributed by atoms with Gasteiger partial charge in [0.2, 0.25) is 0 Å². The maximum absolute atomic E-state index is 12.3. The van der Waals surface area contributed by atoms with Gasteiger partial charge in [-0.25, -0.2) is 4.79 Å². The molecular weight excluding hydrogens is 380 g/mol. The van der Waals surface area contributed by atoms with Gasteiger partial charge in [-0.1, -0.05) is 23.9 Å². The fourth-order valence-corrected chi connectivity index (χ4v) is 3.14. The van der Waals surface area contributed by atoms with E-state index in [0.29, 0.717) is 27.9 Å². The molecule has 26 heavy (non-hydrogen) atoms. The molecule has 0 saturated heterocycles. The smallest absolute Gasteiger partial charge is 0.340 e. The van der Waals surface area contributed by atoms with Crippen molar-refractivity contribution in [1.82, 2.24) is 0 Å². The largest absolute Gasteiger partial charge is 0.449 e. The van der Waals surface area contributed by atoms with Crippen LogP contribution in [0.4, 0.5) is 14.5 Å². The van der Waals surface area contributed by atoms with E-state index in [1.54, 1.807) is 18.2 Å². The molecule has 0 fully saturated rings. The minimum atomic E-state index is -2.50. The number of benzene rings is 2. The van der Waals surface area contributed by atoms with E-state index in [1.807, 2.05) is 12.3 Å². The van der Waals surface area contributed by atoms with E-state index < -0.39 is 23.7 Å².